The highest BCUT2D eigenvalue weighted by atomic mass is 79.9. The van der Waals surface area contributed by atoms with Crippen molar-refractivity contribution in [2.45, 2.75) is 6.36 Å². The molecule has 1 aromatic carbocycles. The summed E-state index contributed by atoms with van der Waals surface area (Å²) in [6.07, 6.45) is -4.65. The second kappa shape index (κ2) is 3.35. The molecule has 0 aromatic heterocycles. The first-order chi connectivity index (χ1) is 5.49. The summed E-state index contributed by atoms with van der Waals surface area (Å²) in [5, 5.41) is 0. The highest BCUT2D eigenvalue weighted by molar-refractivity contribution is 9.10. The molecular formula is C7H3BrF3O. The molecule has 65 valence electrons. The molecule has 0 aliphatic heterocycles. The third-order valence-electron chi connectivity index (χ3n) is 1.00. The molecule has 0 unspecified atom stereocenters. The monoisotopic (exact) mass is 239 g/mol. The Labute approximate surface area is 75.3 Å². The molecule has 0 bridgehead atoms. The van der Waals surface area contributed by atoms with E-state index in [0.29, 0.717) is 0 Å². The van der Waals surface area contributed by atoms with Crippen LogP contribution in [0.15, 0.2) is 22.7 Å². The molecule has 1 radical (unpaired) electrons. The number of hydrogen-bond acceptors (Lipinski definition) is 1. The summed E-state index contributed by atoms with van der Waals surface area (Å²) >= 11 is 2.89. The zero-order valence-electron chi connectivity index (χ0n) is 5.65. The summed E-state index contributed by atoms with van der Waals surface area (Å²) in [4.78, 5) is 0. The van der Waals surface area contributed by atoms with Gasteiger partial charge in [-0.15, -0.1) is 13.2 Å². The number of ether oxygens (including phenoxy) is 1. The van der Waals surface area contributed by atoms with Gasteiger partial charge in [-0.25, -0.2) is 0 Å². The van der Waals surface area contributed by atoms with Crippen molar-refractivity contribution >= 4 is 15.9 Å². The van der Waals surface area contributed by atoms with E-state index in [9.17, 15) is 13.2 Å². The van der Waals surface area contributed by atoms with Gasteiger partial charge in [0.15, 0.2) is 0 Å². The van der Waals surface area contributed by atoms with Crippen LogP contribution in [0, 0.1) is 6.07 Å². The topological polar surface area (TPSA) is 9.23 Å². The number of hydrogen-bond donors (Lipinski definition) is 0. The van der Waals surface area contributed by atoms with Crippen LogP contribution >= 0.6 is 15.9 Å². The van der Waals surface area contributed by atoms with Crippen molar-refractivity contribution in [1.82, 2.24) is 0 Å². The highest BCUT2D eigenvalue weighted by Crippen LogP contribution is 2.29. The Morgan fingerprint density at radius 3 is 2.58 bits per heavy atom. The first-order valence-electron chi connectivity index (χ1n) is 2.90. The van der Waals surface area contributed by atoms with Gasteiger partial charge in [-0.05, 0) is 34.1 Å². The van der Waals surface area contributed by atoms with Gasteiger partial charge in [-0.3, -0.25) is 0 Å². The maximum atomic E-state index is 11.7. The van der Waals surface area contributed by atoms with Gasteiger partial charge in [0.05, 0.1) is 4.47 Å². The summed E-state index contributed by atoms with van der Waals surface area (Å²) in [5.74, 6) is -0.263. The van der Waals surface area contributed by atoms with Gasteiger partial charge in [-0.1, -0.05) is 6.07 Å². The van der Waals surface area contributed by atoms with Crippen LogP contribution < -0.4 is 4.74 Å². The Bertz CT molecular complexity index is 272. The smallest absolute Gasteiger partial charge is 0.405 e. The fraction of sp³-hybridized carbons (Fsp3) is 0.143. The molecule has 0 N–H and O–H groups in total. The largest absolute Gasteiger partial charge is 0.573 e. The second-order valence-electron chi connectivity index (χ2n) is 1.90. The second-order valence-corrected chi connectivity index (χ2v) is 2.76. The molecule has 0 fully saturated rings. The third-order valence-corrected chi connectivity index (χ3v) is 1.62. The first-order valence-corrected chi connectivity index (χ1v) is 3.70. The van der Waals surface area contributed by atoms with Crippen molar-refractivity contribution in [2.24, 2.45) is 0 Å². The van der Waals surface area contributed by atoms with Gasteiger partial charge >= 0.3 is 6.36 Å². The fourth-order valence-corrected chi connectivity index (χ4v) is 0.949. The molecule has 5 heteroatoms. The number of rotatable bonds is 1. The van der Waals surface area contributed by atoms with E-state index >= 15 is 0 Å². The molecule has 0 spiro atoms. The van der Waals surface area contributed by atoms with E-state index in [2.05, 4.69) is 26.7 Å². The predicted octanol–water partition coefficient (Wildman–Crippen LogP) is 3.15. The van der Waals surface area contributed by atoms with Crippen molar-refractivity contribution in [3.05, 3.63) is 28.7 Å². The Kier molecular flexibility index (Phi) is 2.62. The lowest BCUT2D eigenvalue weighted by molar-refractivity contribution is -0.274. The number of alkyl halides is 3. The van der Waals surface area contributed by atoms with E-state index < -0.39 is 6.36 Å². The first kappa shape index (κ1) is 9.38. The van der Waals surface area contributed by atoms with E-state index in [1.807, 2.05) is 0 Å². The van der Waals surface area contributed by atoms with Crippen LogP contribution in [0.4, 0.5) is 13.2 Å². The lowest BCUT2D eigenvalue weighted by atomic mass is 10.3. The fourth-order valence-electron chi connectivity index (χ4n) is 0.603. The van der Waals surface area contributed by atoms with Crippen LogP contribution in [0.25, 0.3) is 0 Å². The standard InChI is InChI=1S/C7H3BrF3O/c8-5-3-1-2-4-6(5)12-7(9,10)11/h2-4H. The molecule has 12 heavy (non-hydrogen) atoms. The van der Waals surface area contributed by atoms with Crippen LogP contribution in [-0.2, 0) is 0 Å². The maximum absolute atomic E-state index is 11.7. The molecule has 1 aromatic rings. The number of benzene rings is 1. The van der Waals surface area contributed by atoms with Gasteiger partial charge in [0.1, 0.15) is 5.75 Å². The summed E-state index contributed by atoms with van der Waals surface area (Å²) in [6.45, 7) is 0. The van der Waals surface area contributed by atoms with E-state index in [0.717, 1.165) is 0 Å². The number of halogens is 4. The molecule has 0 aliphatic carbocycles. The van der Waals surface area contributed by atoms with E-state index in [-0.39, 0.29) is 10.2 Å². The zero-order valence-corrected chi connectivity index (χ0v) is 7.24. The minimum absolute atomic E-state index is 0.224. The average molecular weight is 240 g/mol. The molecule has 0 amide bonds. The van der Waals surface area contributed by atoms with E-state index in [1.54, 1.807) is 0 Å². The molecule has 0 aliphatic rings. The molecule has 0 atom stereocenters. The Hall–Kier alpha value is -0.710. The van der Waals surface area contributed by atoms with E-state index in [4.69, 9.17) is 0 Å². The van der Waals surface area contributed by atoms with Gasteiger partial charge < -0.3 is 4.74 Å². The van der Waals surface area contributed by atoms with Gasteiger partial charge in [0.2, 0.25) is 0 Å². The highest BCUT2D eigenvalue weighted by Gasteiger charge is 2.31. The lowest BCUT2D eigenvalue weighted by Crippen LogP contribution is -2.17. The van der Waals surface area contributed by atoms with Crippen molar-refractivity contribution < 1.29 is 17.9 Å². The van der Waals surface area contributed by atoms with Crippen LogP contribution in [-0.4, -0.2) is 6.36 Å². The van der Waals surface area contributed by atoms with Crippen molar-refractivity contribution in [3.63, 3.8) is 0 Å². The van der Waals surface area contributed by atoms with Crippen molar-refractivity contribution in [1.29, 1.82) is 0 Å². The Morgan fingerprint density at radius 1 is 1.42 bits per heavy atom. The summed E-state index contributed by atoms with van der Waals surface area (Å²) in [6, 6.07) is 6.46. The van der Waals surface area contributed by atoms with Crippen molar-refractivity contribution in [3.8, 4) is 5.75 Å². The SMILES string of the molecule is FC(F)(F)Oc1cc[c]cc1Br. The van der Waals surface area contributed by atoms with E-state index in [1.165, 1.54) is 18.2 Å². The minimum Gasteiger partial charge on any atom is -0.405 e. The van der Waals surface area contributed by atoms with Crippen molar-refractivity contribution in [2.75, 3.05) is 0 Å². The quantitative estimate of drug-likeness (QED) is 0.732. The van der Waals surface area contributed by atoms with Crippen LogP contribution in [0.3, 0.4) is 0 Å². The summed E-state index contributed by atoms with van der Waals surface area (Å²) in [5.41, 5.74) is 0. The van der Waals surface area contributed by atoms with Gasteiger partial charge in [0, 0.05) is 0 Å². The van der Waals surface area contributed by atoms with Crippen LogP contribution in [0.5, 0.6) is 5.75 Å². The van der Waals surface area contributed by atoms with Gasteiger partial charge in [-0.2, -0.15) is 0 Å². The maximum Gasteiger partial charge on any atom is 0.573 e. The van der Waals surface area contributed by atoms with Crippen LogP contribution in [0.2, 0.25) is 0 Å². The molecule has 0 saturated carbocycles. The summed E-state index contributed by atoms with van der Waals surface area (Å²) in [7, 11) is 0. The molecular weight excluding hydrogens is 237 g/mol. The normalized spacial score (nSPS) is 11.3. The predicted molar refractivity (Wildman–Crippen MR) is 39.7 cm³/mol. The molecule has 0 saturated heterocycles. The lowest BCUT2D eigenvalue weighted by Gasteiger charge is -2.09. The minimum atomic E-state index is -4.65. The Morgan fingerprint density at radius 2 is 2.08 bits per heavy atom. The average Bonchev–Trinajstić information content (AvgIpc) is 1.91. The zero-order chi connectivity index (χ0) is 9.19. The molecule has 1 rings (SSSR count). The van der Waals surface area contributed by atoms with Crippen LogP contribution in [0.1, 0.15) is 0 Å². The molecule has 1 nitrogen and oxygen atoms in total. The van der Waals surface area contributed by atoms with Gasteiger partial charge in [0.25, 0.3) is 0 Å². The third kappa shape index (κ3) is 2.73. The molecule has 0 heterocycles. The summed E-state index contributed by atoms with van der Waals surface area (Å²) < 4.78 is 38.9. The Balaban J connectivity index is 2.83.